The molecule has 2 N–H and O–H groups in total. The molecule has 12 heavy (non-hydrogen) atoms. The van der Waals surface area contributed by atoms with Gasteiger partial charge in [-0.05, 0) is 6.92 Å². The van der Waals surface area contributed by atoms with Gasteiger partial charge in [0.25, 0.3) is 0 Å². The van der Waals surface area contributed by atoms with E-state index in [4.69, 9.17) is 0 Å². The van der Waals surface area contributed by atoms with E-state index in [1.165, 1.54) is 0 Å². The summed E-state index contributed by atoms with van der Waals surface area (Å²) >= 11 is 0. The fraction of sp³-hybridized carbons (Fsp3) is 0.429. The van der Waals surface area contributed by atoms with Gasteiger partial charge in [0.2, 0.25) is 0 Å². The van der Waals surface area contributed by atoms with Gasteiger partial charge >= 0.3 is 12.1 Å². The molecule has 0 bridgehead atoms. The number of hydrogen-bond donors (Lipinski definition) is 0. The summed E-state index contributed by atoms with van der Waals surface area (Å²) in [6.45, 7) is 5.14. The molecule has 0 aliphatic carbocycles. The zero-order valence-electron chi connectivity index (χ0n) is 7.05. The molecule has 5 nitrogen and oxygen atoms in total. The molecule has 0 aromatic carbocycles. The van der Waals surface area contributed by atoms with Crippen LogP contribution in [-0.2, 0) is 14.3 Å². The predicted octanol–water partition coefficient (Wildman–Crippen LogP) is 0.438. The Hall–Kier alpha value is -1.36. The molecule has 0 aromatic rings. The van der Waals surface area contributed by atoms with E-state index in [9.17, 15) is 9.59 Å². The lowest BCUT2D eigenvalue weighted by atomic mass is 10.2. The van der Waals surface area contributed by atoms with Crippen LogP contribution in [0.25, 0.3) is 0 Å². The third-order valence-electron chi connectivity index (χ3n) is 0.810. The number of esters is 1. The van der Waals surface area contributed by atoms with Gasteiger partial charge < -0.3 is 14.9 Å². The monoisotopic (exact) mass is 176 g/mol. The molecule has 5 heteroatoms. The fourth-order valence-corrected chi connectivity index (χ4v) is 0.417. The average Bonchev–Trinajstić information content (AvgIpc) is 1.85. The SMILES string of the molecule is C=C(C)CC(=O)OC(=O)OC.O. The highest BCUT2D eigenvalue weighted by Gasteiger charge is 2.09. The summed E-state index contributed by atoms with van der Waals surface area (Å²) in [6, 6.07) is 0. The maximum Gasteiger partial charge on any atom is 0.515 e. The van der Waals surface area contributed by atoms with E-state index in [0.717, 1.165) is 7.11 Å². The Morgan fingerprint density at radius 3 is 2.25 bits per heavy atom. The minimum absolute atomic E-state index is 0. The minimum Gasteiger partial charge on any atom is -0.437 e. The molecule has 0 rings (SSSR count). The lowest BCUT2D eigenvalue weighted by Crippen LogP contribution is -2.11. The highest BCUT2D eigenvalue weighted by Crippen LogP contribution is 1.98. The molecule has 0 spiro atoms. The smallest absolute Gasteiger partial charge is 0.437 e. The zero-order chi connectivity index (χ0) is 8.85. The molecule has 0 saturated heterocycles. The highest BCUT2D eigenvalue weighted by molar-refractivity contribution is 5.83. The van der Waals surface area contributed by atoms with Crippen LogP contribution in [0.15, 0.2) is 12.2 Å². The number of carbonyl (C=O) groups excluding carboxylic acids is 2. The molecule has 0 aliphatic heterocycles. The van der Waals surface area contributed by atoms with Crippen LogP contribution in [0.4, 0.5) is 4.79 Å². The summed E-state index contributed by atoms with van der Waals surface area (Å²) in [4.78, 5) is 20.9. The van der Waals surface area contributed by atoms with Crippen molar-refractivity contribution in [1.82, 2.24) is 0 Å². The van der Waals surface area contributed by atoms with E-state index in [-0.39, 0.29) is 11.9 Å². The second-order valence-corrected chi connectivity index (χ2v) is 2.06. The molecule has 0 atom stereocenters. The minimum atomic E-state index is -0.990. The standard InChI is InChI=1S/C7H10O4.H2O/c1-5(2)4-6(8)11-7(9)10-3;/h1,4H2,2-3H3;1H2. The van der Waals surface area contributed by atoms with Crippen molar-refractivity contribution < 1.29 is 24.5 Å². The van der Waals surface area contributed by atoms with Crippen LogP contribution in [0.1, 0.15) is 13.3 Å². The van der Waals surface area contributed by atoms with Crippen molar-refractivity contribution in [3.8, 4) is 0 Å². The van der Waals surface area contributed by atoms with E-state index in [2.05, 4.69) is 16.1 Å². The predicted molar refractivity (Wildman–Crippen MR) is 41.5 cm³/mol. The van der Waals surface area contributed by atoms with Crippen molar-refractivity contribution in [2.45, 2.75) is 13.3 Å². The van der Waals surface area contributed by atoms with Gasteiger partial charge in [0, 0.05) is 0 Å². The van der Waals surface area contributed by atoms with E-state index in [1.807, 2.05) is 0 Å². The molecule has 0 radical (unpaired) electrons. The Morgan fingerprint density at radius 2 is 1.92 bits per heavy atom. The number of ether oxygens (including phenoxy) is 2. The average molecular weight is 176 g/mol. The Morgan fingerprint density at radius 1 is 1.42 bits per heavy atom. The molecule has 0 fully saturated rings. The van der Waals surface area contributed by atoms with E-state index < -0.39 is 12.1 Å². The largest absolute Gasteiger partial charge is 0.515 e. The third-order valence-corrected chi connectivity index (χ3v) is 0.810. The van der Waals surface area contributed by atoms with Crippen molar-refractivity contribution in [1.29, 1.82) is 0 Å². The molecule has 0 heterocycles. The van der Waals surface area contributed by atoms with Gasteiger partial charge in [-0.3, -0.25) is 4.79 Å². The summed E-state index contributed by atoms with van der Waals surface area (Å²) in [5, 5.41) is 0. The molecule has 0 aromatic heterocycles. The van der Waals surface area contributed by atoms with E-state index >= 15 is 0 Å². The summed E-state index contributed by atoms with van der Waals surface area (Å²) < 4.78 is 8.24. The quantitative estimate of drug-likeness (QED) is 0.347. The summed E-state index contributed by atoms with van der Waals surface area (Å²) in [5.41, 5.74) is 0.638. The topological polar surface area (TPSA) is 84.1 Å². The molecular weight excluding hydrogens is 164 g/mol. The van der Waals surface area contributed by atoms with Crippen LogP contribution in [-0.4, -0.2) is 24.7 Å². The lowest BCUT2D eigenvalue weighted by molar-refractivity contribution is -0.138. The van der Waals surface area contributed by atoms with Crippen LogP contribution in [0.3, 0.4) is 0 Å². The van der Waals surface area contributed by atoms with E-state index in [0.29, 0.717) is 5.57 Å². The first-order chi connectivity index (χ1) is 5.06. The first kappa shape index (κ1) is 13.2. The molecule has 70 valence electrons. The van der Waals surface area contributed by atoms with Crippen LogP contribution < -0.4 is 0 Å². The molecule has 0 amide bonds. The van der Waals surface area contributed by atoms with E-state index in [1.54, 1.807) is 6.92 Å². The van der Waals surface area contributed by atoms with Crippen molar-refractivity contribution in [3.63, 3.8) is 0 Å². The Labute approximate surface area is 70.3 Å². The van der Waals surface area contributed by atoms with Crippen molar-refractivity contribution in [2.75, 3.05) is 7.11 Å². The van der Waals surface area contributed by atoms with Gasteiger partial charge in [-0.1, -0.05) is 12.2 Å². The van der Waals surface area contributed by atoms with Crippen LogP contribution in [0.2, 0.25) is 0 Å². The van der Waals surface area contributed by atoms with Gasteiger partial charge in [-0.2, -0.15) is 0 Å². The van der Waals surface area contributed by atoms with Gasteiger partial charge in [0.05, 0.1) is 13.5 Å². The van der Waals surface area contributed by atoms with Gasteiger partial charge in [-0.15, -0.1) is 0 Å². The van der Waals surface area contributed by atoms with Crippen molar-refractivity contribution in [3.05, 3.63) is 12.2 Å². The summed E-state index contributed by atoms with van der Waals surface area (Å²) in [5.74, 6) is -0.649. The summed E-state index contributed by atoms with van der Waals surface area (Å²) in [7, 11) is 1.14. The molecule has 0 unspecified atom stereocenters. The van der Waals surface area contributed by atoms with Crippen molar-refractivity contribution >= 4 is 12.1 Å². The van der Waals surface area contributed by atoms with Gasteiger partial charge in [0.1, 0.15) is 0 Å². The maximum absolute atomic E-state index is 10.6. The Bertz CT molecular complexity index is 184. The second-order valence-electron chi connectivity index (χ2n) is 2.06. The summed E-state index contributed by atoms with van der Waals surface area (Å²) in [6.07, 6.45) is -0.953. The lowest BCUT2D eigenvalue weighted by Gasteiger charge is -1.99. The number of methoxy groups -OCH3 is 1. The second kappa shape index (κ2) is 6.36. The normalized spacial score (nSPS) is 7.83. The van der Waals surface area contributed by atoms with Gasteiger partial charge in [-0.25, -0.2) is 4.79 Å². The van der Waals surface area contributed by atoms with Crippen LogP contribution in [0, 0.1) is 0 Å². The number of hydrogen-bond acceptors (Lipinski definition) is 4. The highest BCUT2D eigenvalue weighted by atomic mass is 16.7. The fourth-order valence-electron chi connectivity index (χ4n) is 0.417. The number of carbonyl (C=O) groups is 2. The maximum atomic E-state index is 10.6. The first-order valence-electron chi connectivity index (χ1n) is 2.99. The molecule has 0 aliphatic rings. The Kier molecular flexibility index (Phi) is 7.02. The van der Waals surface area contributed by atoms with Gasteiger partial charge in [0.15, 0.2) is 0 Å². The Balaban J connectivity index is 0. The zero-order valence-corrected chi connectivity index (χ0v) is 7.05. The first-order valence-corrected chi connectivity index (χ1v) is 2.99. The van der Waals surface area contributed by atoms with Crippen molar-refractivity contribution in [2.24, 2.45) is 0 Å². The molecule has 0 saturated carbocycles. The van der Waals surface area contributed by atoms with Crippen LogP contribution >= 0.6 is 0 Å². The van der Waals surface area contributed by atoms with Crippen LogP contribution in [0.5, 0.6) is 0 Å². The third kappa shape index (κ3) is 6.76. The number of rotatable bonds is 2. The molecular formula is C7H12O5.